The van der Waals surface area contributed by atoms with E-state index in [2.05, 4.69) is 171 Å². The van der Waals surface area contributed by atoms with Crippen LogP contribution in [0, 0.1) is 0 Å². The lowest BCUT2D eigenvalue weighted by Crippen LogP contribution is -2.36. The first kappa shape index (κ1) is 32.3. The summed E-state index contributed by atoms with van der Waals surface area (Å²) in [6, 6.07) is 61.5. The predicted molar refractivity (Wildman–Crippen MR) is 219 cm³/mol. The number of fused-ring (bicyclic) bond motifs is 4. The number of anilines is 6. The van der Waals surface area contributed by atoms with Crippen LogP contribution in [0.1, 0.15) is 49.9 Å². The van der Waals surface area contributed by atoms with Gasteiger partial charge in [-0.05, 0) is 70.8 Å². The van der Waals surface area contributed by atoms with E-state index in [4.69, 9.17) is 0 Å². The molecule has 0 amide bonds. The number of hydrogen-bond acceptors (Lipinski definition) is 3. The van der Waals surface area contributed by atoms with Gasteiger partial charge in [0.1, 0.15) is 0 Å². The smallest absolute Gasteiger partial charge is 0.175 e. The average Bonchev–Trinajstić information content (AvgIpc) is 3.19. The van der Waals surface area contributed by atoms with Crippen LogP contribution >= 0.6 is 7.14 Å². The quantitative estimate of drug-likeness (QED) is 0.168. The first-order valence-corrected chi connectivity index (χ1v) is 19.8. The van der Waals surface area contributed by atoms with Crippen LogP contribution in [0.2, 0.25) is 0 Å². The molecular weight excluding hydrogens is 652 g/mol. The van der Waals surface area contributed by atoms with Crippen LogP contribution in [-0.2, 0) is 15.4 Å². The molecule has 2 heterocycles. The highest BCUT2D eigenvalue weighted by Crippen LogP contribution is 2.57. The van der Waals surface area contributed by atoms with E-state index in [1.807, 2.05) is 42.5 Å². The molecule has 0 aromatic heterocycles. The fraction of sp³-hybridized carbons (Fsp3) is 0.125. The second-order valence-corrected chi connectivity index (χ2v) is 17.6. The molecular formula is C48H41N2OP. The van der Waals surface area contributed by atoms with Crippen molar-refractivity contribution in [3.63, 3.8) is 0 Å². The molecule has 0 atom stereocenters. The molecule has 7 aromatic carbocycles. The number of benzene rings is 7. The molecule has 52 heavy (non-hydrogen) atoms. The maximum absolute atomic E-state index is 17.0. The van der Waals surface area contributed by atoms with Crippen LogP contribution in [0.15, 0.2) is 176 Å². The minimum absolute atomic E-state index is 0.211. The molecule has 0 saturated carbocycles. The number of nitrogens with zero attached hydrogens (tertiary/aromatic N) is 2. The summed E-state index contributed by atoms with van der Waals surface area (Å²) in [5.74, 6) is 0. The maximum Gasteiger partial charge on any atom is 0.175 e. The van der Waals surface area contributed by atoms with Crippen LogP contribution in [0.3, 0.4) is 0 Å². The highest BCUT2D eigenvalue weighted by molar-refractivity contribution is 7.85. The van der Waals surface area contributed by atoms with Crippen molar-refractivity contribution in [3.8, 4) is 0 Å². The summed E-state index contributed by atoms with van der Waals surface area (Å²) in [6.45, 7) is 9.20. The van der Waals surface area contributed by atoms with Crippen molar-refractivity contribution in [1.82, 2.24) is 0 Å². The zero-order chi connectivity index (χ0) is 35.7. The zero-order valence-electron chi connectivity index (χ0n) is 30.0. The monoisotopic (exact) mass is 692 g/mol. The minimum Gasteiger partial charge on any atom is -0.309 e. The summed E-state index contributed by atoms with van der Waals surface area (Å²) >= 11 is 0. The van der Waals surface area contributed by atoms with Crippen molar-refractivity contribution >= 4 is 57.2 Å². The molecule has 0 aliphatic carbocycles. The van der Waals surface area contributed by atoms with Gasteiger partial charge in [0.25, 0.3) is 0 Å². The van der Waals surface area contributed by atoms with Gasteiger partial charge < -0.3 is 14.4 Å². The maximum atomic E-state index is 17.0. The van der Waals surface area contributed by atoms with E-state index in [0.717, 1.165) is 50.0 Å². The number of rotatable bonds is 5. The topological polar surface area (TPSA) is 23.6 Å². The van der Waals surface area contributed by atoms with Gasteiger partial charge in [-0.3, -0.25) is 0 Å². The van der Waals surface area contributed by atoms with E-state index in [0.29, 0.717) is 0 Å². The molecule has 0 fully saturated rings. The van der Waals surface area contributed by atoms with Crippen molar-refractivity contribution in [2.24, 2.45) is 0 Å². The van der Waals surface area contributed by atoms with Gasteiger partial charge in [-0.2, -0.15) is 0 Å². The molecule has 0 unspecified atom stereocenters. The van der Waals surface area contributed by atoms with Gasteiger partial charge in [0.2, 0.25) is 0 Å². The van der Waals surface area contributed by atoms with Gasteiger partial charge in [-0.15, -0.1) is 0 Å². The zero-order valence-corrected chi connectivity index (χ0v) is 30.9. The van der Waals surface area contributed by atoms with E-state index >= 15 is 4.57 Å². The Morgan fingerprint density at radius 1 is 0.346 bits per heavy atom. The Hall–Kier alpha value is -5.63. The molecule has 4 heteroatoms. The standard InChI is InChI=1S/C48H41N2OP/c1-47(2)35-22-8-12-26-39(35)49(40-27-13-9-23-36(40)47)43-30-16-18-32-45(43)52(51,34-20-6-5-7-21-34)46-33-19-17-31-44(46)50-41-28-14-10-24-37(41)48(3,4)38-25-11-15-29-42(38)50/h5-33H,1-4H3. The third-order valence-electron chi connectivity index (χ3n) is 11.3. The Labute approximate surface area is 307 Å². The van der Waals surface area contributed by atoms with Gasteiger partial charge >= 0.3 is 0 Å². The van der Waals surface area contributed by atoms with Crippen molar-refractivity contribution in [2.75, 3.05) is 9.80 Å². The lowest BCUT2D eigenvalue weighted by Gasteiger charge is -2.44. The van der Waals surface area contributed by atoms with Gasteiger partial charge in [-0.1, -0.05) is 155 Å². The van der Waals surface area contributed by atoms with Crippen LogP contribution in [0.5, 0.6) is 0 Å². The summed E-state index contributed by atoms with van der Waals surface area (Å²) < 4.78 is 17.0. The second-order valence-electron chi connectivity index (χ2n) is 14.9. The van der Waals surface area contributed by atoms with E-state index in [1.54, 1.807) is 0 Å². The van der Waals surface area contributed by atoms with Crippen LogP contribution in [0.4, 0.5) is 34.1 Å². The molecule has 0 N–H and O–H groups in total. The van der Waals surface area contributed by atoms with E-state index in [9.17, 15) is 0 Å². The molecule has 9 rings (SSSR count). The molecule has 0 radical (unpaired) electrons. The summed E-state index contributed by atoms with van der Waals surface area (Å²) in [4.78, 5) is 4.69. The molecule has 3 nitrogen and oxygen atoms in total. The van der Waals surface area contributed by atoms with Gasteiger partial charge in [0.15, 0.2) is 7.14 Å². The van der Waals surface area contributed by atoms with E-state index < -0.39 is 7.14 Å². The van der Waals surface area contributed by atoms with Crippen molar-refractivity contribution in [2.45, 2.75) is 38.5 Å². The fourth-order valence-electron chi connectivity index (χ4n) is 8.74. The predicted octanol–water partition coefficient (Wildman–Crippen LogP) is 11.5. The van der Waals surface area contributed by atoms with Crippen LogP contribution in [-0.4, -0.2) is 0 Å². The van der Waals surface area contributed by atoms with Crippen LogP contribution in [0.25, 0.3) is 0 Å². The van der Waals surface area contributed by atoms with Gasteiger partial charge in [0, 0.05) is 26.7 Å². The van der Waals surface area contributed by atoms with Crippen LogP contribution < -0.4 is 25.7 Å². The highest BCUT2D eigenvalue weighted by atomic mass is 31.2. The number of hydrogen-bond donors (Lipinski definition) is 0. The Morgan fingerprint density at radius 2 is 0.615 bits per heavy atom. The largest absolute Gasteiger partial charge is 0.309 e. The van der Waals surface area contributed by atoms with Crippen molar-refractivity contribution in [1.29, 1.82) is 0 Å². The first-order valence-electron chi connectivity index (χ1n) is 18.1. The molecule has 0 saturated heterocycles. The van der Waals surface area contributed by atoms with Gasteiger partial charge in [0.05, 0.1) is 34.1 Å². The lowest BCUT2D eigenvalue weighted by atomic mass is 9.73. The Balaban J connectivity index is 1.35. The Bertz CT molecular complexity index is 2280. The Morgan fingerprint density at radius 3 is 0.962 bits per heavy atom. The average molecular weight is 693 g/mol. The van der Waals surface area contributed by atoms with Crippen molar-refractivity contribution in [3.05, 3.63) is 198 Å². The minimum atomic E-state index is -3.58. The van der Waals surface area contributed by atoms with Crippen molar-refractivity contribution < 1.29 is 4.57 Å². The third-order valence-corrected chi connectivity index (χ3v) is 14.5. The Kier molecular flexibility index (Phi) is 7.43. The SMILES string of the molecule is CC1(C)c2ccccc2N(c2ccccc2P(=O)(c2ccccc2)c2ccccc2N2c3ccccc3C(C)(C)c3ccccc32)c2ccccc21. The summed E-state index contributed by atoms with van der Waals surface area (Å²) in [5, 5.41) is 2.40. The molecule has 254 valence electrons. The molecule has 0 spiro atoms. The fourth-order valence-corrected chi connectivity index (χ4v) is 11.7. The highest BCUT2D eigenvalue weighted by Gasteiger charge is 2.43. The second kappa shape index (κ2) is 12.0. The first-order chi connectivity index (χ1) is 25.2. The van der Waals surface area contributed by atoms with Gasteiger partial charge in [-0.25, -0.2) is 0 Å². The van der Waals surface area contributed by atoms with E-state index in [1.165, 1.54) is 22.3 Å². The molecule has 2 aliphatic heterocycles. The summed E-state index contributed by atoms with van der Waals surface area (Å²) in [6.07, 6.45) is 0. The molecule has 2 aliphatic rings. The number of para-hydroxylation sites is 6. The summed E-state index contributed by atoms with van der Waals surface area (Å²) in [5.41, 5.74) is 10.8. The lowest BCUT2D eigenvalue weighted by molar-refractivity contribution is 0.592. The molecule has 0 bridgehead atoms. The molecule has 7 aromatic rings. The van der Waals surface area contributed by atoms with E-state index in [-0.39, 0.29) is 10.8 Å². The summed E-state index contributed by atoms with van der Waals surface area (Å²) in [7, 11) is -3.58. The third kappa shape index (κ3) is 4.62. The normalized spacial score (nSPS) is 15.2.